The van der Waals surface area contributed by atoms with Crippen LogP contribution in [0.1, 0.15) is 71.0 Å². The SMILES string of the molecule is Cc1cc(-c2ncnc3cc(C4CCS(O)(O)CC4)[nH]c23)ccc1CNC(=O)c1cnc(C(C)(C)C)s1. The number of amides is 1. The van der Waals surface area contributed by atoms with Crippen LogP contribution < -0.4 is 5.32 Å². The highest BCUT2D eigenvalue weighted by molar-refractivity contribution is 8.24. The lowest BCUT2D eigenvalue weighted by Gasteiger charge is -2.38. The van der Waals surface area contributed by atoms with Gasteiger partial charge in [0.15, 0.2) is 0 Å². The van der Waals surface area contributed by atoms with E-state index in [1.54, 1.807) is 12.5 Å². The molecule has 0 saturated carbocycles. The van der Waals surface area contributed by atoms with Crippen LogP contribution in [-0.4, -0.2) is 46.5 Å². The topological polar surface area (TPSA) is 124 Å². The minimum absolute atomic E-state index is 0.0793. The van der Waals surface area contributed by atoms with Gasteiger partial charge in [-0.15, -0.1) is 11.3 Å². The number of benzene rings is 1. The summed E-state index contributed by atoms with van der Waals surface area (Å²) in [5.41, 5.74) is 6.63. The van der Waals surface area contributed by atoms with E-state index in [2.05, 4.69) is 58.2 Å². The second-order valence-electron chi connectivity index (χ2n) is 10.8. The number of thiazole rings is 1. The highest BCUT2D eigenvalue weighted by atomic mass is 32.3. The Morgan fingerprint density at radius 1 is 1.16 bits per heavy atom. The van der Waals surface area contributed by atoms with Crippen LogP contribution in [0.4, 0.5) is 0 Å². The summed E-state index contributed by atoms with van der Waals surface area (Å²) in [4.78, 5) is 30.3. The van der Waals surface area contributed by atoms with Gasteiger partial charge in [0.05, 0.1) is 27.9 Å². The van der Waals surface area contributed by atoms with E-state index in [0.29, 0.717) is 22.9 Å². The van der Waals surface area contributed by atoms with Crippen molar-refractivity contribution in [1.82, 2.24) is 25.3 Å². The summed E-state index contributed by atoms with van der Waals surface area (Å²) >= 11 is 1.44. The predicted molar refractivity (Wildman–Crippen MR) is 151 cm³/mol. The molecular weight excluding hydrogens is 506 g/mol. The molecule has 0 bridgehead atoms. The monoisotopic (exact) mass is 539 g/mol. The van der Waals surface area contributed by atoms with Gasteiger partial charge in [-0.3, -0.25) is 13.9 Å². The zero-order valence-corrected chi connectivity index (χ0v) is 23.2. The van der Waals surface area contributed by atoms with Crippen LogP contribution in [0.5, 0.6) is 0 Å². The third kappa shape index (κ3) is 5.57. The molecule has 1 fully saturated rings. The maximum Gasteiger partial charge on any atom is 0.263 e. The molecule has 4 N–H and O–H groups in total. The van der Waals surface area contributed by atoms with E-state index in [-0.39, 0.29) is 17.2 Å². The largest absolute Gasteiger partial charge is 0.355 e. The van der Waals surface area contributed by atoms with Gasteiger partial charge in [0.25, 0.3) is 5.91 Å². The van der Waals surface area contributed by atoms with Gasteiger partial charge in [0, 0.05) is 40.6 Å². The summed E-state index contributed by atoms with van der Waals surface area (Å²) in [5.74, 6) is 1.04. The summed E-state index contributed by atoms with van der Waals surface area (Å²) < 4.78 is 19.9. The van der Waals surface area contributed by atoms with Gasteiger partial charge < -0.3 is 10.3 Å². The van der Waals surface area contributed by atoms with Crippen LogP contribution in [-0.2, 0) is 12.0 Å². The van der Waals surface area contributed by atoms with Crippen LogP contribution in [0.2, 0.25) is 0 Å². The fourth-order valence-electron chi connectivity index (χ4n) is 4.65. The van der Waals surface area contributed by atoms with E-state index in [4.69, 9.17) is 0 Å². The Labute approximate surface area is 222 Å². The standard InChI is InChI=1S/C27H33N5O3S2/c1-16-11-18(5-6-19(16)13-28-25(33)22-14-29-26(36-22)27(2,3)4)23-24-21(30-15-31-23)12-20(32-24)17-7-9-37(34,35)10-8-17/h5-6,11-12,14-15,17,32,34-35H,7-10,13H2,1-4H3,(H,28,33). The number of nitrogens with one attached hydrogen (secondary N) is 2. The molecule has 0 unspecified atom stereocenters. The maximum absolute atomic E-state index is 12.7. The quantitative estimate of drug-likeness (QED) is 0.238. The number of aromatic amines is 1. The third-order valence-corrected chi connectivity index (χ3v) is 10.1. The molecule has 5 rings (SSSR count). The van der Waals surface area contributed by atoms with Gasteiger partial charge in [0.2, 0.25) is 0 Å². The first-order valence-corrected chi connectivity index (χ1v) is 15.1. The number of fused-ring (bicyclic) bond motifs is 1. The Balaban J connectivity index is 1.32. The summed E-state index contributed by atoms with van der Waals surface area (Å²) in [5, 5.41) is 3.97. The number of hydrogen-bond donors (Lipinski definition) is 4. The molecular formula is C27H33N5O3S2. The van der Waals surface area contributed by atoms with Crippen molar-refractivity contribution < 1.29 is 13.9 Å². The van der Waals surface area contributed by atoms with Crippen molar-refractivity contribution in [3.05, 3.63) is 63.5 Å². The van der Waals surface area contributed by atoms with E-state index in [0.717, 1.165) is 57.0 Å². The molecule has 0 aliphatic carbocycles. The number of rotatable bonds is 5. The van der Waals surface area contributed by atoms with Gasteiger partial charge in [0.1, 0.15) is 11.2 Å². The van der Waals surface area contributed by atoms with E-state index >= 15 is 0 Å². The molecule has 1 saturated heterocycles. The van der Waals surface area contributed by atoms with Crippen molar-refractivity contribution in [1.29, 1.82) is 0 Å². The highest BCUT2D eigenvalue weighted by Gasteiger charge is 2.27. The molecule has 4 heterocycles. The van der Waals surface area contributed by atoms with Crippen LogP contribution in [0.3, 0.4) is 0 Å². The van der Waals surface area contributed by atoms with E-state index < -0.39 is 10.6 Å². The Morgan fingerprint density at radius 2 is 1.92 bits per heavy atom. The lowest BCUT2D eigenvalue weighted by atomic mass is 9.98. The molecule has 1 amide bonds. The summed E-state index contributed by atoms with van der Waals surface area (Å²) in [6.07, 6.45) is 4.73. The first-order chi connectivity index (χ1) is 17.5. The minimum Gasteiger partial charge on any atom is -0.355 e. The number of carbonyl (C=O) groups excluding carboxylic acids is 1. The molecule has 196 valence electrons. The Morgan fingerprint density at radius 3 is 2.59 bits per heavy atom. The summed E-state index contributed by atoms with van der Waals surface area (Å²) in [7, 11) is -2.42. The molecule has 10 heteroatoms. The van der Waals surface area contributed by atoms with Crippen LogP contribution in [0, 0.1) is 6.92 Å². The number of aromatic nitrogens is 4. The van der Waals surface area contributed by atoms with Crippen LogP contribution in [0.15, 0.2) is 36.8 Å². The molecule has 37 heavy (non-hydrogen) atoms. The number of hydrogen-bond acceptors (Lipinski definition) is 7. The zero-order valence-electron chi connectivity index (χ0n) is 21.5. The highest BCUT2D eigenvalue weighted by Crippen LogP contribution is 2.48. The Kier molecular flexibility index (Phi) is 6.86. The second kappa shape index (κ2) is 9.83. The van der Waals surface area contributed by atoms with Gasteiger partial charge in [-0.1, -0.05) is 32.9 Å². The molecule has 0 atom stereocenters. The second-order valence-corrected chi connectivity index (χ2v) is 14.2. The molecule has 8 nitrogen and oxygen atoms in total. The molecule has 4 aromatic rings. The average molecular weight is 540 g/mol. The molecule has 0 radical (unpaired) electrons. The van der Waals surface area contributed by atoms with E-state index in [1.807, 2.05) is 19.1 Å². The fourth-order valence-corrected chi connectivity index (χ4v) is 7.07. The molecule has 3 aromatic heterocycles. The fraction of sp³-hybridized carbons (Fsp3) is 0.407. The van der Waals surface area contributed by atoms with E-state index in [9.17, 15) is 13.9 Å². The number of H-pyrrole nitrogens is 1. The van der Waals surface area contributed by atoms with Gasteiger partial charge in [-0.05, 0) is 43.0 Å². The molecule has 0 spiro atoms. The molecule has 1 aromatic carbocycles. The smallest absolute Gasteiger partial charge is 0.263 e. The first kappa shape index (κ1) is 25.8. The lowest BCUT2D eigenvalue weighted by Crippen LogP contribution is -2.22. The minimum atomic E-state index is -2.42. The van der Waals surface area contributed by atoms with Crippen molar-refractivity contribution in [2.75, 3.05) is 11.5 Å². The normalized spacial score (nSPS) is 17.1. The number of carbonyl (C=O) groups is 1. The average Bonchev–Trinajstić information content (AvgIpc) is 3.51. The number of aryl methyl sites for hydroxylation is 1. The van der Waals surface area contributed by atoms with Crippen LogP contribution in [0.25, 0.3) is 22.3 Å². The summed E-state index contributed by atoms with van der Waals surface area (Å²) in [6, 6.07) is 8.20. The van der Waals surface area contributed by atoms with Crippen LogP contribution >= 0.6 is 21.9 Å². The van der Waals surface area contributed by atoms with Gasteiger partial charge in [-0.2, -0.15) is 10.6 Å². The van der Waals surface area contributed by atoms with Gasteiger partial charge in [-0.25, -0.2) is 15.0 Å². The van der Waals surface area contributed by atoms with E-state index in [1.165, 1.54) is 11.3 Å². The van der Waals surface area contributed by atoms with Crippen molar-refractivity contribution >= 4 is 38.9 Å². The van der Waals surface area contributed by atoms with Crippen molar-refractivity contribution in [2.45, 2.75) is 58.4 Å². The number of nitrogens with zero attached hydrogens (tertiary/aromatic N) is 3. The maximum atomic E-state index is 12.7. The molecule has 1 aliphatic heterocycles. The zero-order chi connectivity index (χ0) is 26.4. The predicted octanol–water partition coefficient (Wildman–Crippen LogP) is 6.25. The Bertz CT molecular complexity index is 1440. The lowest BCUT2D eigenvalue weighted by molar-refractivity contribution is 0.0954. The molecule has 1 aliphatic rings. The van der Waals surface area contributed by atoms with Crippen molar-refractivity contribution in [3.63, 3.8) is 0 Å². The third-order valence-electron chi connectivity index (χ3n) is 6.89. The van der Waals surface area contributed by atoms with Gasteiger partial charge >= 0.3 is 0 Å². The van der Waals surface area contributed by atoms with Crippen molar-refractivity contribution in [3.8, 4) is 11.3 Å². The first-order valence-electron chi connectivity index (χ1n) is 12.4. The Hall–Kier alpha value is -2.79. The van der Waals surface area contributed by atoms with Crippen molar-refractivity contribution in [2.24, 2.45) is 0 Å². The summed E-state index contributed by atoms with van der Waals surface area (Å²) in [6.45, 7) is 8.73.